The molecule has 6 heteroatoms. The minimum Gasteiger partial charge on any atom is -0.389 e. The van der Waals surface area contributed by atoms with Crippen molar-refractivity contribution < 1.29 is 4.39 Å². The Morgan fingerprint density at radius 2 is 2.05 bits per heavy atom. The van der Waals surface area contributed by atoms with Crippen LogP contribution in [-0.2, 0) is 0 Å². The molecule has 0 bridgehead atoms. The molecule has 0 aliphatic heterocycles. The fraction of sp³-hybridized carbons (Fsp3) is 0.533. The monoisotopic (exact) mass is 375 g/mol. The topological polar surface area (TPSA) is 41.3 Å². The van der Waals surface area contributed by atoms with Crippen LogP contribution >= 0.6 is 28.1 Å². The van der Waals surface area contributed by atoms with E-state index in [2.05, 4.69) is 40.0 Å². The quantitative estimate of drug-likeness (QED) is 0.714. The Bertz CT molecular complexity index is 496. The molecule has 3 nitrogen and oxygen atoms in total. The van der Waals surface area contributed by atoms with E-state index in [4.69, 9.17) is 18.0 Å². The SMILES string of the molecule is CC(C)CC(CN(C)C)Nc1ccc(C(N)=S)c(Br)c1F. The van der Waals surface area contributed by atoms with E-state index < -0.39 is 0 Å². The van der Waals surface area contributed by atoms with E-state index in [1.165, 1.54) is 0 Å². The predicted octanol–water partition coefficient (Wildman–Crippen LogP) is 3.61. The van der Waals surface area contributed by atoms with E-state index in [0.717, 1.165) is 13.0 Å². The van der Waals surface area contributed by atoms with Gasteiger partial charge in [-0.25, -0.2) is 4.39 Å². The van der Waals surface area contributed by atoms with Gasteiger partial charge in [0.2, 0.25) is 0 Å². The average Bonchev–Trinajstić information content (AvgIpc) is 2.33. The van der Waals surface area contributed by atoms with E-state index in [1.807, 2.05) is 14.1 Å². The van der Waals surface area contributed by atoms with Gasteiger partial charge < -0.3 is 16.0 Å². The maximum atomic E-state index is 14.4. The number of nitrogens with two attached hydrogens (primary N) is 1. The number of benzene rings is 1. The van der Waals surface area contributed by atoms with Crippen molar-refractivity contribution in [3.05, 3.63) is 28.0 Å². The molecule has 21 heavy (non-hydrogen) atoms. The van der Waals surface area contributed by atoms with Gasteiger partial charge in [0.1, 0.15) is 4.99 Å². The zero-order valence-corrected chi connectivity index (χ0v) is 15.3. The van der Waals surface area contributed by atoms with Gasteiger partial charge in [-0.3, -0.25) is 0 Å². The van der Waals surface area contributed by atoms with Crippen molar-refractivity contribution in [3.8, 4) is 0 Å². The molecular formula is C15H23BrFN3S. The molecule has 0 saturated heterocycles. The summed E-state index contributed by atoms with van der Waals surface area (Å²) in [5, 5.41) is 3.29. The van der Waals surface area contributed by atoms with Gasteiger partial charge in [0.05, 0.1) is 10.2 Å². The lowest BCUT2D eigenvalue weighted by atomic mass is 10.0. The number of rotatable bonds is 7. The molecule has 0 amide bonds. The normalized spacial score (nSPS) is 12.8. The van der Waals surface area contributed by atoms with Gasteiger partial charge in [-0.05, 0) is 54.5 Å². The zero-order valence-electron chi connectivity index (χ0n) is 12.9. The smallest absolute Gasteiger partial charge is 0.161 e. The van der Waals surface area contributed by atoms with E-state index in [0.29, 0.717) is 21.6 Å². The Hall–Kier alpha value is -0.720. The average molecular weight is 376 g/mol. The van der Waals surface area contributed by atoms with Crippen LogP contribution in [0.2, 0.25) is 0 Å². The van der Waals surface area contributed by atoms with Crippen molar-refractivity contribution in [2.45, 2.75) is 26.3 Å². The molecule has 0 heterocycles. The molecule has 0 aromatic heterocycles. The van der Waals surface area contributed by atoms with Gasteiger partial charge in [-0.1, -0.05) is 26.1 Å². The third-order valence-corrected chi connectivity index (χ3v) is 4.04. The lowest BCUT2D eigenvalue weighted by Crippen LogP contribution is -2.33. The Morgan fingerprint density at radius 1 is 1.43 bits per heavy atom. The summed E-state index contributed by atoms with van der Waals surface area (Å²) in [4.78, 5) is 2.27. The van der Waals surface area contributed by atoms with Crippen molar-refractivity contribution in [3.63, 3.8) is 0 Å². The maximum absolute atomic E-state index is 14.4. The Balaban J connectivity index is 2.98. The highest BCUT2D eigenvalue weighted by Gasteiger charge is 2.17. The molecule has 1 aromatic carbocycles. The number of hydrogen-bond donors (Lipinski definition) is 2. The zero-order chi connectivity index (χ0) is 16.2. The van der Waals surface area contributed by atoms with Gasteiger partial charge in [-0.2, -0.15) is 0 Å². The number of likely N-dealkylation sites (N-methyl/N-ethyl adjacent to an activating group) is 1. The van der Waals surface area contributed by atoms with E-state index in [9.17, 15) is 4.39 Å². The lowest BCUT2D eigenvalue weighted by Gasteiger charge is -2.25. The summed E-state index contributed by atoms with van der Waals surface area (Å²) in [6, 6.07) is 3.61. The molecule has 0 aliphatic carbocycles. The molecule has 1 unspecified atom stereocenters. The lowest BCUT2D eigenvalue weighted by molar-refractivity contribution is 0.356. The largest absolute Gasteiger partial charge is 0.389 e. The van der Waals surface area contributed by atoms with Gasteiger partial charge in [0.25, 0.3) is 0 Å². The van der Waals surface area contributed by atoms with E-state index >= 15 is 0 Å². The number of nitrogens with zero attached hydrogens (tertiary/aromatic N) is 1. The van der Waals surface area contributed by atoms with E-state index in [1.54, 1.807) is 12.1 Å². The minimum atomic E-state index is -0.354. The summed E-state index contributed by atoms with van der Waals surface area (Å²) in [5.41, 5.74) is 6.56. The van der Waals surface area contributed by atoms with Crippen molar-refractivity contribution >= 4 is 38.8 Å². The molecule has 0 saturated carbocycles. The number of anilines is 1. The van der Waals surface area contributed by atoms with Gasteiger partial charge in [0.15, 0.2) is 5.82 Å². The van der Waals surface area contributed by atoms with Crippen LogP contribution in [0.25, 0.3) is 0 Å². The summed E-state index contributed by atoms with van der Waals surface area (Å²) in [6.45, 7) is 5.16. The van der Waals surface area contributed by atoms with Gasteiger partial charge >= 0.3 is 0 Å². The van der Waals surface area contributed by atoms with Crippen LogP contribution in [0.15, 0.2) is 16.6 Å². The second kappa shape index (κ2) is 8.06. The molecule has 0 radical (unpaired) electrons. The van der Waals surface area contributed by atoms with Crippen LogP contribution in [0.1, 0.15) is 25.8 Å². The van der Waals surface area contributed by atoms with Crippen LogP contribution in [0.3, 0.4) is 0 Å². The first-order valence-corrected chi connectivity index (χ1v) is 8.11. The third-order valence-electron chi connectivity index (χ3n) is 3.05. The van der Waals surface area contributed by atoms with Gasteiger partial charge in [-0.15, -0.1) is 0 Å². The molecule has 0 aliphatic rings. The van der Waals surface area contributed by atoms with Crippen molar-refractivity contribution in [2.24, 2.45) is 11.7 Å². The molecule has 1 atom stereocenters. The summed E-state index contributed by atoms with van der Waals surface area (Å²) >= 11 is 8.14. The first kappa shape index (κ1) is 18.3. The first-order chi connectivity index (χ1) is 9.72. The highest BCUT2D eigenvalue weighted by atomic mass is 79.9. The second-order valence-electron chi connectivity index (χ2n) is 5.89. The maximum Gasteiger partial charge on any atom is 0.161 e. The molecular weight excluding hydrogens is 353 g/mol. The molecule has 1 rings (SSSR count). The number of halogens is 2. The van der Waals surface area contributed by atoms with Crippen molar-refractivity contribution in [1.82, 2.24) is 4.90 Å². The molecule has 1 aromatic rings. The van der Waals surface area contributed by atoms with Crippen molar-refractivity contribution in [2.75, 3.05) is 26.0 Å². The van der Waals surface area contributed by atoms with Gasteiger partial charge in [0, 0.05) is 18.2 Å². The van der Waals surface area contributed by atoms with Crippen LogP contribution in [0.4, 0.5) is 10.1 Å². The highest BCUT2D eigenvalue weighted by Crippen LogP contribution is 2.28. The second-order valence-corrected chi connectivity index (χ2v) is 7.12. The van der Waals surface area contributed by atoms with E-state index in [-0.39, 0.29) is 16.8 Å². The Kier molecular flexibility index (Phi) is 7.03. The molecule has 0 spiro atoms. The highest BCUT2D eigenvalue weighted by molar-refractivity contribution is 9.10. The predicted molar refractivity (Wildman–Crippen MR) is 95.4 cm³/mol. The fourth-order valence-electron chi connectivity index (χ4n) is 2.26. The summed E-state index contributed by atoms with van der Waals surface area (Å²) in [7, 11) is 4.02. The molecule has 118 valence electrons. The van der Waals surface area contributed by atoms with Crippen LogP contribution in [-0.4, -0.2) is 36.6 Å². The summed E-state index contributed by atoms with van der Waals surface area (Å²) in [5.74, 6) is 0.178. The molecule has 3 N–H and O–H groups in total. The fourth-order valence-corrected chi connectivity index (χ4v) is 3.12. The summed E-state index contributed by atoms with van der Waals surface area (Å²) in [6.07, 6.45) is 0.965. The Labute approximate surface area is 140 Å². The number of hydrogen-bond acceptors (Lipinski definition) is 3. The van der Waals surface area contributed by atoms with Crippen LogP contribution in [0, 0.1) is 11.7 Å². The number of thiocarbonyl (C=S) groups is 1. The molecule has 0 fully saturated rings. The first-order valence-electron chi connectivity index (χ1n) is 6.91. The van der Waals surface area contributed by atoms with Crippen molar-refractivity contribution in [1.29, 1.82) is 0 Å². The number of nitrogens with one attached hydrogen (secondary N) is 1. The standard InChI is InChI=1S/C15H23BrFN3S/c1-9(2)7-10(8-20(3)4)19-12-6-5-11(15(18)21)13(16)14(12)17/h5-6,9-10,19H,7-8H2,1-4H3,(H2,18,21). The third kappa shape index (κ3) is 5.52. The summed E-state index contributed by atoms with van der Waals surface area (Å²) < 4.78 is 14.7. The van der Waals surface area contributed by atoms with Crippen LogP contribution < -0.4 is 11.1 Å². The van der Waals surface area contributed by atoms with Crippen LogP contribution in [0.5, 0.6) is 0 Å². The minimum absolute atomic E-state index is 0.178. The Morgan fingerprint density at radius 3 is 2.52 bits per heavy atom.